The van der Waals surface area contributed by atoms with Crippen molar-refractivity contribution in [1.29, 1.82) is 0 Å². The first-order valence-corrected chi connectivity index (χ1v) is 4.18. The highest BCUT2D eigenvalue weighted by molar-refractivity contribution is 5.80. The van der Waals surface area contributed by atoms with Gasteiger partial charge in [-0.25, -0.2) is 0 Å². The Morgan fingerprint density at radius 3 is 2.92 bits per heavy atom. The number of nitrogens with one attached hydrogen (secondary N) is 1. The molecule has 1 aliphatic rings. The third-order valence-electron chi connectivity index (χ3n) is 1.82. The molecule has 1 amide bonds. The van der Waals surface area contributed by atoms with Crippen LogP contribution in [0.4, 0.5) is 0 Å². The molecule has 0 saturated heterocycles. The molecular weight excluding hydrogens is 158 g/mol. The molecule has 12 heavy (non-hydrogen) atoms. The summed E-state index contributed by atoms with van der Waals surface area (Å²) in [5.74, 6) is 0.268. The van der Waals surface area contributed by atoms with E-state index in [-0.39, 0.29) is 18.4 Å². The maximum Gasteiger partial charge on any atom is 0.223 e. The van der Waals surface area contributed by atoms with E-state index in [0.717, 1.165) is 12.8 Å². The van der Waals surface area contributed by atoms with Gasteiger partial charge in [-0.1, -0.05) is 0 Å². The van der Waals surface area contributed by atoms with Crippen molar-refractivity contribution in [3.8, 4) is 0 Å². The van der Waals surface area contributed by atoms with E-state index in [0.29, 0.717) is 6.54 Å². The van der Waals surface area contributed by atoms with E-state index in [1.807, 2.05) is 0 Å². The molecular formula is C8H15NO3. The molecule has 0 heterocycles. The summed E-state index contributed by atoms with van der Waals surface area (Å²) < 4.78 is 4.71. The van der Waals surface area contributed by atoms with Crippen molar-refractivity contribution in [2.75, 3.05) is 20.3 Å². The van der Waals surface area contributed by atoms with Gasteiger partial charge < -0.3 is 15.2 Å². The summed E-state index contributed by atoms with van der Waals surface area (Å²) in [7, 11) is 1.52. The van der Waals surface area contributed by atoms with Crippen molar-refractivity contribution in [1.82, 2.24) is 5.32 Å². The fourth-order valence-corrected chi connectivity index (χ4v) is 0.960. The van der Waals surface area contributed by atoms with E-state index in [4.69, 9.17) is 9.84 Å². The zero-order valence-corrected chi connectivity index (χ0v) is 7.25. The Labute approximate surface area is 71.9 Å². The van der Waals surface area contributed by atoms with Gasteiger partial charge in [0.15, 0.2) is 0 Å². The molecule has 4 heteroatoms. The van der Waals surface area contributed by atoms with E-state index in [1.165, 1.54) is 7.11 Å². The number of aliphatic hydroxyl groups excluding tert-OH is 1. The molecule has 2 N–H and O–H groups in total. The molecule has 0 aromatic heterocycles. The molecule has 70 valence electrons. The summed E-state index contributed by atoms with van der Waals surface area (Å²) in [4.78, 5) is 11.1. The van der Waals surface area contributed by atoms with Crippen molar-refractivity contribution >= 4 is 5.91 Å². The minimum atomic E-state index is -0.585. The topological polar surface area (TPSA) is 58.6 Å². The van der Waals surface area contributed by atoms with Gasteiger partial charge in [0.1, 0.15) is 0 Å². The van der Waals surface area contributed by atoms with Gasteiger partial charge in [-0.3, -0.25) is 4.79 Å². The zero-order chi connectivity index (χ0) is 8.97. The molecule has 0 aromatic carbocycles. The van der Waals surface area contributed by atoms with Gasteiger partial charge in [-0.15, -0.1) is 0 Å². The number of aliphatic hydroxyl groups is 1. The predicted octanol–water partition coefficient (Wildman–Crippen LogP) is -0.480. The molecule has 1 rings (SSSR count). The largest absolute Gasteiger partial charge is 0.389 e. The third-order valence-corrected chi connectivity index (χ3v) is 1.82. The normalized spacial score (nSPS) is 18.8. The zero-order valence-electron chi connectivity index (χ0n) is 7.25. The monoisotopic (exact) mass is 173 g/mol. The third kappa shape index (κ3) is 3.19. The summed E-state index contributed by atoms with van der Waals surface area (Å²) in [5, 5.41) is 11.8. The number of carbonyl (C=O) groups is 1. The summed E-state index contributed by atoms with van der Waals surface area (Å²) in [6.45, 7) is 0.564. The maximum absolute atomic E-state index is 11.1. The van der Waals surface area contributed by atoms with Crippen LogP contribution in [0.25, 0.3) is 0 Å². The summed E-state index contributed by atoms with van der Waals surface area (Å²) in [6.07, 6.45) is 1.40. The molecule has 0 spiro atoms. The van der Waals surface area contributed by atoms with E-state index in [1.54, 1.807) is 0 Å². The molecule has 4 nitrogen and oxygen atoms in total. The lowest BCUT2D eigenvalue weighted by atomic mass is 10.3. The number of amides is 1. The molecule has 1 aliphatic carbocycles. The Morgan fingerprint density at radius 1 is 1.75 bits per heavy atom. The molecule has 0 aliphatic heterocycles. The summed E-state index contributed by atoms with van der Waals surface area (Å²) >= 11 is 0. The predicted molar refractivity (Wildman–Crippen MR) is 43.6 cm³/mol. The van der Waals surface area contributed by atoms with E-state index >= 15 is 0 Å². The fraction of sp³-hybridized carbons (Fsp3) is 0.875. The van der Waals surface area contributed by atoms with E-state index in [9.17, 15) is 4.79 Å². The second kappa shape index (κ2) is 4.42. The lowest BCUT2D eigenvalue weighted by molar-refractivity contribution is -0.122. The lowest BCUT2D eigenvalue weighted by Gasteiger charge is -2.09. The molecule has 0 aromatic rings. The Balaban J connectivity index is 2.03. The maximum atomic E-state index is 11.1. The second-order valence-electron chi connectivity index (χ2n) is 3.13. The molecule has 1 unspecified atom stereocenters. The molecule has 1 fully saturated rings. The first-order valence-electron chi connectivity index (χ1n) is 4.18. The minimum absolute atomic E-state index is 0.0603. The van der Waals surface area contributed by atoms with Crippen molar-refractivity contribution in [3.05, 3.63) is 0 Å². The van der Waals surface area contributed by atoms with Crippen LogP contribution in [0.2, 0.25) is 0 Å². The van der Waals surface area contributed by atoms with Crippen LogP contribution in [0.3, 0.4) is 0 Å². The Hall–Kier alpha value is -0.610. The second-order valence-corrected chi connectivity index (χ2v) is 3.13. The van der Waals surface area contributed by atoms with Gasteiger partial charge in [0.25, 0.3) is 0 Å². The van der Waals surface area contributed by atoms with Crippen LogP contribution in [0, 0.1) is 5.92 Å². The van der Waals surface area contributed by atoms with Gasteiger partial charge in [0.05, 0.1) is 12.7 Å². The smallest absolute Gasteiger partial charge is 0.223 e. The van der Waals surface area contributed by atoms with Crippen LogP contribution in [0.15, 0.2) is 0 Å². The van der Waals surface area contributed by atoms with Crippen LogP contribution in [0.1, 0.15) is 12.8 Å². The number of hydrogen-bond acceptors (Lipinski definition) is 3. The SMILES string of the molecule is COCC(O)CNC(=O)C1CC1. The summed E-state index contributed by atoms with van der Waals surface area (Å²) in [6, 6.07) is 0. The quantitative estimate of drug-likeness (QED) is 0.590. The van der Waals surface area contributed by atoms with Gasteiger partial charge in [0, 0.05) is 19.6 Å². The number of methoxy groups -OCH3 is 1. The van der Waals surface area contributed by atoms with Gasteiger partial charge >= 0.3 is 0 Å². The van der Waals surface area contributed by atoms with Crippen molar-refractivity contribution < 1.29 is 14.6 Å². The van der Waals surface area contributed by atoms with Crippen LogP contribution >= 0.6 is 0 Å². The highest BCUT2D eigenvalue weighted by Crippen LogP contribution is 2.28. The van der Waals surface area contributed by atoms with Gasteiger partial charge in [-0.05, 0) is 12.8 Å². The average molecular weight is 173 g/mol. The van der Waals surface area contributed by atoms with Crippen molar-refractivity contribution in [3.63, 3.8) is 0 Å². The first-order chi connectivity index (χ1) is 5.74. The highest BCUT2D eigenvalue weighted by Gasteiger charge is 2.29. The van der Waals surface area contributed by atoms with Crippen LogP contribution in [-0.4, -0.2) is 37.4 Å². The van der Waals surface area contributed by atoms with Crippen LogP contribution in [0.5, 0.6) is 0 Å². The Kier molecular flexibility index (Phi) is 3.49. The molecule has 0 bridgehead atoms. The first kappa shape index (κ1) is 9.48. The average Bonchev–Trinajstić information content (AvgIpc) is 2.83. The number of ether oxygens (including phenoxy) is 1. The van der Waals surface area contributed by atoms with Crippen molar-refractivity contribution in [2.45, 2.75) is 18.9 Å². The number of hydrogen-bond donors (Lipinski definition) is 2. The Morgan fingerprint density at radius 2 is 2.42 bits per heavy atom. The number of rotatable bonds is 5. The summed E-state index contributed by atoms with van der Waals surface area (Å²) in [5.41, 5.74) is 0. The van der Waals surface area contributed by atoms with Gasteiger partial charge in [-0.2, -0.15) is 0 Å². The van der Waals surface area contributed by atoms with Gasteiger partial charge in [0.2, 0.25) is 5.91 Å². The van der Waals surface area contributed by atoms with E-state index in [2.05, 4.69) is 5.32 Å². The van der Waals surface area contributed by atoms with E-state index < -0.39 is 6.10 Å². The molecule has 1 saturated carbocycles. The van der Waals surface area contributed by atoms with Crippen LogP contribution < -0.4 is 5.32 Å². The fourth-order valence-electron chi connectivity index (χ4n) is 0.960. The van der Waals surface area contributed by atoms with Crippen molar-refractivity contribution in [2.24, 2.45) is 5.92 Å². The van der Waals surface area contributed by atoms with Crippen LogP contribution in [-0.2, 0) is 9.53 Å². The molecule has 0 radical (unpaired) electrons. The molecule has 1 atom stereocenters. The number of carbonyl (C=O) groups excluding carboxylic acids is 1. The minimum Gasteiger partial charge on any atom is -0.389 e. The standard InChI is InChI=1S/C8H15NO3/c1-12-5-7(10)4-9-8(11)6-2-3-6/h6-7,10H,2-5H2,1H3,(H,9,11). The Bertz CT molecular complexity index is 156. The lowest BCUT2D eigenvalue weighted by Crippen LogP contribution is -2.35. The highest BCUT2D eigenvalue weighted by atomic mass is 16.5.